The lowest BCUT2D eigenvalue weighted by molar-refractivity contribution is -0.150. The predicted octanol–water partition coefficient (Wildman–Crippen LogP) is 0.767. The molecule has 0 unspecified atom stereocenters. The van der Waals surface area contributed by atoms with E-state index in [4.69, 9.17) is 5.11 Å². The molecule has 0 atom stereocenters. The summed E-state index contributed by atoms with van der Waals surface area (Å²) >= 11 is 0. The highest BCUT2D eigenvalue weighted by molar-refractivity contribution is 6.31. The minimum atomic E-state index is -1.40. The van der Waals surface area contributed by atoms with Crippen molar-refractivity contribution in [1.82, 2.24) is 5.32 Å². The zero-order valence-corrected chi connectivity index (χ0v) is 7.58. The van der Waals surface area contributed by atoms with Crippen molar-refractivity contribution in [3.63, 3.8) is 0 Å². The first-order chi connectivity index (χ1) is 6.20. The fraction of sp³-hybridized carbons (Fsp3) is 0.778. The van der Waals surface area contributed by atoms with Crippen molar-refractivity contribution >= 4 is 11.9 Å². The molecule has 0 saturated heterocycles. The molecule has 1 saturated carbocycles. The molecule has 0 heterocycles. The SMILES string of the molecule is O=C(O)C(=O)NCCC1CCCC1. The van der Waals surface area contributed by atoms with Gasteiger partial charge < -0.3 is 10.4 Å². The molecule has 13 heavy (non-hydrogen) atoms. The van der Waals surface area contributed by atoms with Crippen LogP contribution < -0.4 is 5.32 Å². The van der Waals surface area contributed by atoms with Crippen LogP contribution in [0, 0.1) is 5.92 Å². The van der Waals surface area contributed by atoms with Crippen molar-refractivity contribution in [3.05, 3.63) is 0 Å². The molecule has 4 nitrogen and oxygen atoms in total. The standard InChI is InChI=1S/C9H15NO3/c11-8(9(12)13)10-6-5-7-3-1-2-4-7/h7H,1-6H2,(H,10,11)(H,12,13). The smallest absolute Gasteiger partial charge is 0.394 e. The van der Waals surface area contributed by atoms with Crippen LogP contribution in [0.25, 0.3) is 0 Å². The van der Waals surface area contributed by atoms with Gasteiger partial charge in [-0.3, -0.25) is 4.79 Å². The summed E-state index contributed by atoms with van der Waals surface area (Å²) in [7, 11) is 0. The fourth-order valence-corrected chi connectivity index (χ4v) is 1.76. The van der Waals surface area contributed by atoms with Crippen molar-refractivity contribution < 1.29 is 14.7 Å². The number of carbonyl (C=O) groups is 2. The van der Waals surface area contributed by atoms with Crippen molar-refractivity contribution in [1.29, 1.82) is 0 Å². The highest BCUT2D eigenvalue weighted by atomic mass is 16.4. The quantitative estimate of drug-likeness (QED) is 0.638. The molecule has 0 aromatic heterocycles. The number of aliphatic carboxylic acids is 1. The molecule has 0 bridgehead atoms. The topological polar surface area (TPSA) is 66.4 Å². The maximum atomic E-state index is 10.6. The van der Waals surface area contributed by atoms with Crippen LogP contribution >= 0.6 is 0 Å². The summed E-state index contributed by atoms with van der Waals surface area (Å²) in [5.41, 5.74) is 0. The van der Waals surface area contributed by atoms with E-state index in [2.05, 4.69) is 5.32 Å². The minimum Gasteiger partial charge on any atom is -0.474 e. The Morgan fingerprint density at radius 3 is 2.46 bits per heavy atom. The van der Waals surface area contributed by atoms with E-state index in [1.54, 1.807) is 0 Å². The maximum Gasteiger partial charge on any atom is 0.394 e. The van der Waals surface area contributed by atoms with Crippen LogP contribution in [0.5, 0.6) is 0 Å². The summed E-state index contributed by atoms with van der Waals surface area (Å²) in [6, 6.07) is 0. The maximum absolute atomic E-state index is 10.6. The average Bonchev–Trinajstić information content (AvgIpc) is 2.56. The number of carboxylic acid groups (broad SMARTS) is 1. The Bertz CT molecular complexity index is 197. The van der Waals surface area contributed by atoms with Crippen LogP contribution in [0.15, 0.2) is 0 Å². The molecule has 2 N–H and O–H groups in total. The molecular weight excluding hydrogens is 170 g/mol. The highest BCUT2D eigenvalue weighted by Gasteiger charge is 2.15. The minimum absolute atomic E-state index is 0.496. The van der Waals surface area contributed by atoms with Gasteiger partial charge in [0, 0.05) is 6.54 Å². The Balaban J connectivity index is 2.06. The molecule has 0 radical (unpaired) electrons. The molecular formula is C9H15NO3. The Kier molecular flexibility index (Phi) is 3.73. The summed E-state index contributed by atoms with van der Waals surface area (Å²) in [4.78, 5) is 20.7. The third kappa shape index (κ3) is 3.44. The fourth-order valence-electron chi connectivity index (χ4n) is 1.76. The molecule has 0 aliphatic heterocycles. The van der Waals surface area contributed by atoms with E-state index < -0.39 is 11.9 Å². The lowest BCUT2D eigenvalue weighted by Crippen LogP contribution is -2.32. The van der Waals surface area contributed by atoms with Crippen molar-refractivity contribution in [2.75, 3.05) is 6.54 Å². The van der Waals surface area contributed by atoms with Gasteiger partial charge in [0.1, 0.15) is 0 Å². The van der Waals surface area contributed by atoms with Crippen molar-refractivity contribution in [2.24, 2.45) is 5.92 Å². The number of hydrogen-bond donors (Lipinski definition) is 2. The molecule has 0 aromatic carbocycles. The summed E-state index contributed by atoms with van der Waals surface area (Å²) in [5.74, 6) is -1.60. The average molecular weight is 185 g/mol. The largest absolute Gasteiger partial charge is 0.474 e. The normalized spacial score (nSPS) is 17.2. The van der Waals surface area contributed by atoms with Gasteiger partial charge in [0.25, 0.3) is 0 Å². The van der Waals surface area contributed by atoms with Crippen molar-refractivity contribution in [2.45, 2.75) is 32.1 Å². The van der Waals surface area contributed by atoms with Crippen LogP contribution in [0.4, 0.5) is 0 Å². The second-order valence-electron chi connectivity index (χ2n) is 3.50. The summed E-state index contributed by atoms with van der Waals surface area (Å²) < 4.78 is 0. The zero-order chi connectivity index (χ0) is 9.68. The Morgan fingerprint density at radius 2 is 1.92 bits per heavy atom. The van der Waals surface area contributed by atoms with Gasteiger partial charge >= 0.3 is 11.9 Å². The molecule has 1 aliphatic carbocycles. The zero-order valence-electron chi connectivity index (χ0n) is 7.58. The molecule has 1 amide bonds. The first-order valence-electron chi connectivity index (χ1n) is 4.71. The van der Waals surface area contributed by atoms with Gasteiger partial charge in [-0.15, -0.1) is 0 Å². The van der Waals surface area contributed by atoms with Crippen molar-refractivity contribution in [3.8, 4) is 0 Å². The van der Waals surface area contributed by atoms with Gasteiger partial charge in [-0.2, -0.15) is 0 Å². The molecule has 0 aromatic rings. The van der Waals surface area contributed by atoms with Crippen LogP contribution in [0.2, 0.25) is 0 Å². The van der Waals surface area contributed by atoms with E-state index in [1.807, 2.05) is 0 Å². The molecule has 74 valence electrons. The Morgan fingerprint density at radius 1 is 1.31 bits per heavy atom. The van der Waals surface area contributed by atoms with E-state index in [0.29, 0.717) is 12.5 Å². The summed E-state index contributed by atoms with van der Waals surface area (Å²) in [6.07, 6.45) is 5.92. The lowest BCUT2D eigenvalue weighted by Gasteiger charge is -2.07. The number of nitrogens with one attached hydrogen (secondary N) is 1. The third-order valence-electron chi connectivity index (χ3n) is 2.51. The van der Waals surface area contributed by atoms with Crippen LogP contribution in [0.1, 0.15) is 32.1 Å². The highest BCUT2D eigenvalue weighted by Crippen LogP contribution is 2.26. The molecule has 1 aliphatic rings. The summed E-state index contributed by atoms with van der Waals surface area (Å²) in [5, 5.41) is 10.6. The van der Waals surface area contributed by atoms with E-state index in [-0.39, 0.29) is 0 Å². The second-order valence-corrected chi connectivity index (χ2v) is 3.50. The number of carboxylic acids is 1. The third-order valence-corrected chi connectivity index (χ3v) is 2.51. The number of carbonyl (C=O) groups excluding carboxylic acids is 1. The van der Waals surface area contributed by atoms with Crippen LogP contribution in [0.3, 0.4) is 0 Å². The van der Waals surface area contributed by atoms with Gasteiger partial charge in [0.05, 0.1) is 0 Å². The summed E-state index contributed by atoms with van der Waals surface area (Å²) in [6.45, 7) is 0.496. The first kappa shape index (κ1) is 10.0. The molecule has 0 spiro atoms. The van der Waals surface area contributed by atoms with Gasteiger partial charge in [-0.05, 0) is 12.3 Å². The Labute approximate surface area is 77.3 Å². The van der Waals surface area contributed by atoms with E-state index in [0.717, 1.165) is 6.42 Å². The second kappa shape index (κ2) is 4.84. The van der Waals surface area contributed by atoms with E-state index in [9.17, 15) is 9.59 Å². The van der Waals surface area contributed by atoms with E-state index in [1.165, 1.54) is 25.7 Å². The number of hydrogen-bond acceptors (Lipinski definition) is 2. The predicted molar refractivity (Wildman–Crippen MR) is 47.2 cm³/mol. The number of rotatable bonds is 3. The monoisotopic (exact) mass is 185 g/mol. The first-order valence-corrected chi connectivity index (χ1v) is 4.71. The van der Waals surface area contributed by atoms with E-state index >= 15 is 0 Å². The van der Waals surface area contributed by atoms with Gasteiger partial charge in [0.15, 0.2) is 0 Å². The molecule has 4 heteroatoms. The molecule has 1 rings (SSSR count). The van der Waals surface area contributed by atoms with Gasteiger partial charge in [-0.1, -0.05) is 25.7 Å². The Hall–Kier alpha value is -1.06. The lowest BCUT2D eigenvalue weighted by atomic mass is 10.0. The molecule has 1 fully saturated rings. The van der Waals surface area contributed by atoms with Crippen LogP contribution in [-0.2, 0) is 9.59 Å². The van der Waals surface area contributed by atoms with Gasteiger partial charge in [-0.25, -0.2) is 4.79 Å². The van der Waals surface area contributed by atoms with Gasteiger partial charge in [0.2, 0.25) is 0 Å². The van der Waals surface area contributed by atoms with Crippen LogP contribution in [-0.4, -0.2) is 23.5 Å². The number of amides is 1.